The van der Waals surface area contributed by atoms with Crippen LogP contribution in [-0.4, -0.2) is 24.9 Å². The van der Waals surface area contributed by atoms with Crippen molar-refractivity contribution < 1.29 is 0 Å². The summed E-state index contributed by atoms with van der Waals surface area (Å²) in [5, 5.41) is 7.04. The number of aromatic amines is 2. The number of benzene rings is 2. The zero-order chi connectivity index (χ0) is 20.6. The van der Waals surface area contributed by atoms with Crippen molar-refractivity contribution in [2.75, 3.05) is 10.6 Å². The van der Waals surface area contributed by atoms with Gasteiger partial charge in [-0.1, -0.05) is 32.4 Å². The van der Waals surface area contributed by atoms with Gasteiger partial charge in [0.1, 0.15) is 5.82 Å². The summed E-state index contributed by atoms with van der Waals surface area (Å²) in [6, 6.07) is 12.8. The largest absolute Gasteiger partial charge is 0.324 e. The molecule has 0 aliphatic heterocycles. The Kier molecular flexibility index (Phi) is 4.71. The minimum Gasteiger partial charge on any atom is -0.324 e. The monoisotopic (exact) mass is 409 g/mol. The molecular weight excluding hydrogens is 390 g/mol. The lowest BCUT2D eigenvalue weighted by Gasteiger charge is -2.18. The fourth-order valence-corrected chi connectivity index (χ4v) is 2.85. The lowest BCUT2D eigenvalue weighted by Crippen LogP contribution is -2.19. The van der Waals surface area contributed by atoms with Gasteiger partial charge < -0.3 is 20.6 Å². The fraction of sp³-hybridized carbons (Fsp3) is 0.200. The Bertz CT molecular complexity index is 1220. The van der Waals surface area contributed by atoms with Crippen molar-refractivity contribution in [2.45, 2.75) is 26.2 Å². The normalized spacial score (nSPS) is 11.6. The van der Waals surface area contributed by atoms with Gasteiger partial charge in [0.25, 0.3) is 0 Å². The molecule has 0 bridgehead atoms. The van der Waals surface area contributed by atoms with Crippen LogP contribution in [0.2, 0.25) is 5.02 Å². The van der Waals surface area contributed by atoms with Crippen LogP contribution in [0.25, 0.3) is 11.0 Å². The molecule has 8 nitrogen and oxygen atoms in total. The average Bonchev–Trinajstić information content (AvgIpc) is 3.02. The van der Waals surface area contributed by atoms with E-state index in [4.69, 9.17) is 11.6 Å². The van der Waals surface area contributed by atoms with Gasteiger partial charge in [-0.15, -0.1) is 0 Å². The number of halogens is 1. The summed E-state index contributed by atoms with van der Waals surface area (Å²) in [5.41, 5.74) is 2.48. The smallest absolute Gasteiger partial charge is 0.323 e. The molecule has 4 rings (SSSR count). The molecule has 2 aromatic carbocycles. The van der Waals surface area contributed by atoms with Crippen LogP contribution in [0.1, 0.15) is 26.6 Å². The Hall–Kier alpha value is -3.39. The van der Waals surface area contributed by atoms with E-state index in [1.165, 1.54) is 0 Å². The number of nitrogens with one attached hydrogen (secondary N) is 4. The van der Waals surface area contributed by atoms with Gasteiger partial charge in [0.2, 0.25) is 11.9 Å². The summed E-state index contributed by atoms with van der Waals surface area (Å²) in [6.45, 7) is 6.11. The zero-order valence-electron chi connectivity index (χ0n) is 16.2. The molecule has 0 fully saturated rings. The molecule has 2 aromatic heterocycles. The fourth-order valence-electron chi connectivity index (χ4n) is 2.72. The van der Waals surface area contributed by atoms with E-state index in [1.807, 2.05) is 51.1 Å². The minimum atomic E-state index is -0.272. The third-order valence-corrected chi connectivity index (χ3v) is 4.43. The van der Waals surface area contributed by atoms with Crippen molar-refractivity contribution in [1.29, 1.82) is 0 Å². The molecule has 0 aliphatic rings. The molecule has 4 aromatic rings. The van der Waals surface area contributed by atoms with Crippen LogP contribution < -0.4 is 16.3 Å². The van der Waals surface area contributed by atoms with E-state index >= 15 is 0 Å². The lowest BCUT2D eigenvalue weighted by molar-refractivity contribution is 0.544. The van der Waals surface area contributed by atoms with Crippen LogP contribution in [0, 0.1) is 0 Å². The van der Waals surface area contributed by atoms with Crippen molar-refractivity contribution in [3.63, 3.8) is 0 Å². The van der Waals surface area contributed by atoms with Crippen molar-refractivity contribution >= 4 is 45.9 Å². The Morgan fingerprint density at radius 2 is 1.41 bits per heavy atom. The summed E-state index contributed by atoms with van der Waals surface area (Å²) in [6.07, 6.45) is 0. The van der Waals surface area contributed by atoms with Crippen LogP contribution in [0.5, 0.6) is 0 Å². The quantitative estimate of drug-likeness (QED) is 0.395. The summed E-state index contributed by atoms with van der Waals surface area (Å²) in [5.74, 6) is 1.46. The highest BCUT2D eigenvalue weighted by Gasteiger charge is 2.20. The first-order valence-electron chi connectivity index (χ1n) is 9.04. The third kappa shape index (κ3) is 4.38. The second-order valence-electron chi connectivity index (χ2n) is 7.65. The number of fused-ring (bicyclic) bond motifs is 1. The van der Waals surface area contributed by atoms with Gasteiger partial charge in [-0.25, -0.2) is 4.79 Å². The molecule has 0 unspecified atom stereocenters. The van der Waals surface area contributed by atoms with Crippen LogP contribution in [0.15, 0.2) is 47.3 Å². The second-order valence-corrected chi connectivity index (χ2v) is 8.09. The Labute approximate surface area is 171 Å². The number of anilines is 4. The topological polar surface area (TPSA) is 111 Å². The first-order chi connectivity index (χ1) is 13.8. The molecule has 148 valence electrons. The molecule has 0 saturated carbocycles. The molecule has 0 atom stereocenters. The Balaban J connectivity index is 1.68. The number of hydrogen-bond acceptors (Lipinski definition) is 6. The maximum absolute atomic E-state index is 11.5. The first kappa shape index (κ1) is 18.9. The molecule has 0 radical (unpaired) electrons. The van der Waals surface area contributed by atoms with Gasteiger partial charge in [0.05, 0.1) is 11.0 Å². The molecule has 9 heteroatoms. The third-order valence-electron chi connectivity index (χ3n) is 4.18. The molecular formula is C20H20ClN7O. The first-order valence-corrected chi connectivity index (χ1v) is 9.42. The van der Waals surface area contributed by atoms with Crippen LogP contribution in [0.4, 0.5) is 23.3 Å². The van der Waals surface area contributed by atoms with Crippen LogP contribution in [0.3, 0.4) is 0 Å². The predicted octanol–water partition coefficient (Wildman–Crippen LogP) is 4.48. The number of rotatable bonds is 4. The number of nitrogens with zero attached hydrogens (tertiary/aromatic N) is 3. The summed E-state index contributed by atoms with van der Waals surface area (Å²) >= 11 is 5.95. The Morgan fingerprint density at radius 3 is 2.07 bits per heavy atom. The van der Waals surface area contributed by atoms with Crippen molar-refractivity contribution in [3.8, 4) is 0 Å². The summed E-state index contributed by atoms with van der Waals surface area (Å²) in [4.78, 5) is 30.5. The van der Waals surface area contributed by atoms with Gasteiger partial charge in [0, 0.05) is 21.8 Å². The van der Waals surface area contributed by atoms with E-state index in [0.29, 0.717) is 28.3 Å². The van der Waals surface area contributed by atoms with Gasteiger partial charge in [-0.2, -0.15) is 15.0 Å². The van der Waals surface area contributed by atoms with Crippen molar-refractivity contribution in [1.82, 2.24) is 24.9 Å². The standard InChI is InChI=1S/C20H20ClN7O/c1-20(2,3)16-26-17(22-12-6-4-11(21)5-7-12)28-18(27-16)23-13-8-9-14-15(10-13)25-19(29)24-14/h4-10H,1-3H3,(H2,24,25,29)(H2,22,23,26,27,28). The van der Waals surface area contributed by atoms with Gasteiger partial charge >= 0.3 is 5.69 Å². The van der Waals surface area contributed by atoms with E-state index in [0.717, 1.165) is 16.9 Å². The maximum atomic E-state index is 11.5. The number of aromatic nitrogens is 5. The van der Waals surface area contributed by atoms with Gasteiger partial charge in [-0.3, -0.25) is 0 Å². The second kappa shape index (κ2) is 7.21. The van der Waals surface area contributed by atoms with Crippen molar-refractivity contribution in [3.05, 3.63) is 63.8 Å². The highest BCUT2D eigenvalue weighted by Crippen LogP contribution is 2.24. The summed E-state index contributed by atoms with van der Waals surface area (Å²) < 4.78 is 0. The number of imidazole rings is 1. The maximum Gasteiger partial charge on any atom is 0.323 e. The van der Waals surface area contributed by atoms with E-state index in [9.17, 15) is 4.79 Å². The van der Waals surface area contributed by atoms with Crippen LogP contribution >= 0.6 is 11.6 Å². The van der Waals surface area contributed by atoms with Gasteiger partial charge in [-0.05, 0) is 42.5 Å². The van der Waals surface area contributed by atoms with E-state index in [1.54, 1.807) is 12.1 Å². The number of H-pyrrole nitrogens is 2. The van der Waals surface area contributed by atoms with E-state index in [-0.39, 0.29) is 11.1 Å². The molecule has 0 spiro atoms. The lowest BCUT2D eigenvalue weighted by atomic mass is 9.96. The van der Waals surface area contributed by atoms with Crippen molar-refractivity contribution in [2.24, 2.45) is 0 Å². The predicted molar refractivity (Wildman–Crippen MR) is 115 cm³/mol. The zero-order valence-corrected chi connectivity index (χ0v) is 16.9. The molecule has 0 saturated heterocycles. The summed E-state index contributed by atoms with van der Waals surface area (Å²) in [7, 11) is 0. The highest BCUT2D eigenvalue weighted by molar-refractivity contribution is 6.30. The molecule has 4 N–H and O–H groups in total. The SMILES string of the molecule is CC(C)(C)c1nc(Nc2ccc(Cl)cc2)nc(Nc2ccc3[nH]c(=O)[nH]c3c2)n1. The minimum absolute atomic E-state index is 0.248. The molecule has 2 heterocycles. The van der Waals surface area contributed by atoms with Crippen LogP contribution in [-0.2, 0) is 5.41 Å². The molecule has 0 aliphatic carbocycles. The molecule has 0 amide bonds. The van der Waals surface area contributed by atoms with E-state index < -0.39 is 0 Å². The number of hydrogen-bond donors (Lipinski definition) is 4. The average molecular weight is 410 g/mol. The molecule has 29 heavy (non-hydrogen) atoms. The Morgan fingerprint density at radius 1 is 0.828 bits per heavy atom. The van der Waals surface area contributed by atoms with E-state index in [2.05, 4.69) is 35.6 Å². The highest BCUT2D eigenvalue weighted by atomic mass is 35.5. The van der Waals surface area contributed by atoms with Gasteiger partial charge in [0.15, 0.2) is 0 Å².